The SMILES string of the molecule is CCc1ccc2oc(C=O)nc2c1. The Morgan fingerprint density at radius 1 is 1.54 bits per heavy atom. The Kier molecular flexibility index (Phi) is 1.85. The van der Waals surface area contributed by atoms with Gasteiger partial charge in [-0.2, -0.15) is 0 Å². The quantitative estimate of drug-likeness (QED) is 0.657. The molecule has 0 N–H and O–H groups in total. The number of fused-ring (bicyclic) bond motifs is 1. The Bertz CT molecular complexity index is 445. The molecule has 0 saturated heterocycles. The lowest BCUT2D eigenvalue weighted by molar-refractivity contribution is 0.109. The Hall–Kier alpha value is -1.64. The molecule has 1 aromatic carbocycles. The number of hydrogen-bond acceptors (Lipinski definition) is 3. The predicted molar refractivity (Wildman–Crippen MR) is 48.8 cm³/mol. The summed E-state index contributed by atoms with van der Waals surface area (Å²) in [4.78, 5) is 14.4. The molecule has 0 bridgehead atoms. The highest BCUT2D eigenvalue weighted by atomic mass is 16.4. The average Bonchev–Trinajstić information content (AvgIpc) is 2.58. The number of rotatable bonds is 2. The van der Waals surface area contributed by atoms with Crippen LogP contribution in [0, 0.1) is 0 Å². The van der Waals surface area contributed by atoms with E-state index < -0.39 is 0 Å². The van der Waals surface area contributed by atoms with Crippen LogP contribution in [-0.4, -0.2) is 11.3 Å². The number of benzene rings is 1. The number of carbonyl (C=O) groups is 1. The normalized spacial score (nSPS) is 10.5. The largest absolute Gasteiger partial charge is 0.434 e. The van der Waals surface area contributed by atoms with Crippen molar-refractivity contribution >= 4 is 17.4 Å². The highest BCUT2D eigenvalue weighted by molar-refractivity contribution is 5.79. The Morgan fingerprint density at radius 3 is 3.08 bits per heavy atom. The molecular formula is C10H9NO2. The van der Waals surface area contributed by atoms with Crippen molar-refractivity contribution in [2.45, 2.75) is 13.3 Å². The smallest absolute Gasteiger partial charge is 0.260 e. The van der Waals surface area contributed by atoms with Crippen LogP contribution in [0.5, 0.6) is 0 Å². The summed E-state index contributed by atoms with van der Waals surface area (Å²) < 4.78 is 5.14. The van der Waals surface area contributed by atoms with Crippen LogP contribution in [0.1, 0.15) is 23.2 Å². The zero-order chi connectivity index (χ0) is 9.26. The molecule has 2 aromatic rings. The molecule has 1 aromatic heterocycles. The first-order chi connectivity index (χ1) is 6.33. The van der Waals surface area contributed by atoms with Gasteiger partial charge in [-0.1, -0.05) is 13.0 Å². The highest BCUT2D eigenvalue weighted by Crippen LogP contribution is 2.16. The van der Waals surface area contributed by atoms with E-state index >= 15 is 0 Å². The monoisotopic (exact) mass is 175 g/mol. The highest BCUT2D eigenvalue weighted by Gasteiger charge is 2.03. The molecule has 3 nitrogen and oxygen atoms in total. The van der Waals surface area contributed by atoms with Crippen LogP contribution in [0.4, 0.5) is 0 Å². The van der Waals surface area contributed by atoms with Gasteiger partial charge in [-0.3, -0.25) is 4.79 Å². The minimum Gasteiger partial charge on any atom is -0.434 e. The maximum absolute atomic E-state index is 10.4. The van der Waals surface area contributed by atoms with E-state index in [1.165, 1.54) is 5.56 Å². The van der Waals surface area contributed by atoms with Crippen molar-refractivity contribution in [1.29, 1.82) is 0 Å². The second-order valence-electron chi connectivity index (χ2n) is 2.83. The summed E-state index contributed by atoms with van der Waals surface area (Å²) in [7, 11) is 0. The zero-order valence-electron chi connectivity index (χ0n) is 7.28. The maximum Gasteiger partial charge on any atom is 0.260 e. The van der Waals surface area contributed by atoms with Gasteiger partial charge in [0.1, 0.15) is 5.52 Å². The molecule has 0 aliphatic carbocycles. The number of aromatic nitrogens is 1. The summed E-state index contributed by atoms with van der Waals surface area (Å²) in [6.07, 6.45) is 1.57. The predicted octanol–water partition coefficient (Wildman–Crippen LogP) is 2.20. The van der Waals surface area contributed by atoms with Crippen LogP contribution < -0.4 is 0 Å². The standard InChI is InChI=1S/C10H9NO2/c1-2-7-3-4-9-8(5-7)11-10(6-12)13-9/h3-6H,2H2,1H3. The third-order valence-electron chi connectivity index (χ3n) is 1.98. The first kappa shape index (κ1) is 7.98. The maximum atomic E-state index is 10.4. The lowest BCUT2D eigenvalue weighted by atomic mass is 10.1. The fourth-order valence-corrected chi connectivity index (χ4v) is 1.26. The van der Waals surface area contributed by atoms with E-state index in [9.17, 15) is 4.79 Å². The number of hydrogen-bond donors (Lipinski definition) is 0. The van der Waals surface area contributed by atoms with Gasteiger partial charge in [-0.05, 0) is 24.1 Å². The van der Waals surface area contributed by atoms with Crippen LogP contribution in [0.2, 0.25) is 0 Å². The zero-order valence-corrected chi connectivity index (χ0v) is 7.28. The van der Waals surface area contributed by atoms with E-state index in [4.69, 9.17) is 4.42 Å². The van der Waals surface area contributed by atoms with Crippen LogP contribution in [0.3, 0.4) is 0 Å². The van der Waals surface area contributed by atoms with Crippen LogP contribution in [-0.2, 0) is 6.42 Å². The molecule has 0 unspecified atom stereocenters. The van der Waals surface area contributed by atoms with Gasteiger partial charge in [0, 0.05) is 0 Å². The summed E-state index contributed by atoms with van der Waals surface area (Å²) in [6.45, 7) is 2.07. The van der Waals surface area contributed by atoms with Crippen molar-refractivity contribution in [1.82, 2.24) is 4.98 Å². The molecule has 0 radical (unpaired) electrons. The third-order valence-corrected chi connectivity index (χ3v) is 1.98. The van der Waals surface area contributed by atoms with Gasteiger partial charge in [-0.25, -0.2) is 4.98 Å². The van der Waals surface area contributed by atoms with Gasteiger partial charge >= 0.3 is 0 Å². The molecule has 1 heterocycles. The summed E-state index contributed by atoms with van der Waals surface area (Å²) in [5.41, 5.74) is 2.61. The minimum atomic E-state index is 0.142. The van der Waals surface area contributed by atoms with Gasteiger partial charge in [-0.15, -0.1) is 0 Å². The molecule has 13 heavy (non-hydrogen) atoms. The molecule has 0 aliphatic heterocycles. The van der Waals surface area contributed by atoms with Gasteiger partial charge in [0.15, 0.2) is 5.58 Å². The number of aldehydes is 1. The molecule has 66 valence electrons. The van der Waals surface area contributed by atoms with Gasteiger partial charge in [0.05, 0.1) is 0 Å². The second kappa shape index (κ2) is 3.01. The third kappa shape index (κ3) is 1.33. The van der Waals surface area contributed by atoms with Crippen molar-refractivity contribution in [3.05, 3.63) is 29.7 Å². The lowest BCUT2D eigenvalue weighted by Crippen LogP contribution is -1.79. The fourth-order valence-electron chi connectivity index (χ4n) is 1.26. The lowest BCUT2D eigenvalue weighted by Gasteiger charge is -1.92. The summed E-state index contributed by atoms with van der Waals surface area (Å²) in [5, 5.41) is 0. The molecule has 0 saturated carbocycles. The molecule has 0 spiro atoms. The van der Waals surface area contributed by atoms with E-state index in [1.54, 1.807) is 0 Å². The molecule has 0 atom stereocenters. The van der Waals surface area contributed by atoms with E-state index in [2.05, 4.69) is 11.9 Å². The van der Waals surface area contributed by atoms with Crippen molar-refractivity contribution in [2.75, 3.05) is 0 Å². The Balaban J connectivity index is 2.63. The Labute approximate surface area is 75.4 Å². The van der Waals surface area contributed by atoms with Gasteiger partial charge in [0.2, 0.25) is 6.29 Å². The number of oxazole rings is 1. The topological polar surface area (TPSA) is 43.1 Å². The van der Waals surface area contributed by atoms with E-state index in [0.29, 0.717) is 11.9 Å². The molecule has 2 rings (SSSR count). The van der Waals surface area contributed by atoms with Crippen LogP contribution >= 0.6 is 0 Å². The van der Waals surface area contributed by atoms with Gasteiger partial charge in [0.25, 0.3) is 5.89 Å². The average molecular weight is 175 g/mol. The first-order valence-corrected chi connectivity index (χ1v) is 4.18. The second-order valence-corrected chi connectivity index (χ2v) is 2.83. The van der Waals surface area contributed by atoms with Crippen molar-refractivity contribution < 1.29 is 9.21 Å². The van der Waals surface area contributed by atoms with E-state index in [0.717, 1.165) is 11.9 Å². The van der Waals surface area contributed by atoms with Crippen molar-refractivity contribution in [2.24, 2.45) is 0 Å². The number of carbonyl (C=O) groups excluding carboxylic acids is 1. The summed E-state index contributed by atoms with van der Waals surface area (Å²) >= 11 is 0. The van der Waals surface area contributed by atoms with Gasteiger partial charge < -0.3 is 4.42 Å². The molecule has 0 amide bonds. The molecule has 0 aliphatic rings. The van der Waals surface area contributed by atoms with E-state index in [1.807, 2.05) is 18.2 Å². The summed E-state index contributed by atoms with van der Waals surface area (Å²) in [6, 6.07) is 5.75. The van der Waals surface area contributed by atoms with Crippen LogP contribution in [0.15, 0.2) is 22.6 Å². The number of aryl methyl sites for hydroxylation is 1. The van der Waals surface area contributed by atoms with Crippen molar-refractivity contribution in [3.63, 3.8) is 0 Å². The fraction of sp³-hybridized carbons (Fsp3) is 0.200. The number of nitrogens with zero attached hydrogens (tertiary/aromatic N) is 1. The summed E-state index contributed by atoms with van der Waals surface area (Å²) in [5.74, 6) is 0.142. The van der Waals surface area contributed by atoms with E-state index in [-0.39, 0.29) is 5.89 Å². The Morgan fingerprint density at radius 2 is 2.38 bits per heavy atom. The molecular weight excluding hydrogens is 166 g/mol. The molecule has 3 heteroatoms. The minimum absolute atomic E-state index is 0.142. The first-order valence-electron chi connectivity index (χ1n) is 4.18. The van der Waals surface area contributed by atoms with Crippen LogP contribution in [0.25, 0.3) is 11.1 Å². The molecule has 0 fully saturated rings. The van der Waals surface area contributed by atoms with Crippen molar-refractivity contribution in [3.8, 4) is 0 Å².